The van der Waals surface area contributed by atoms with Gasteiger partial charge in [-0.25, -0.2) is 9.36 Å². The summed E-state index contributed by atoms with van der Waals surface area (Å²) in [5.74, 6) is -1.23. The number of carboxylic acids is 1. The first-order valence-electron chi connectivity index (χ1n) is 5.66. The van der Waals surface area contributed by atoms with Crippen molar-refractivity contribution in [1.82, 2.24) is 19.6 Å². The number of rotatable bonds is 3. The van der Waals surface area contributed by atoms with E-state index in [2.05, 4.69) is 10.2 Å². The molecule has 0 saturated carbocycles. The molecule has 0 aliphatic rings. The van der Waals surface area contributed by atoms with Crippen LogP contribution in [0.4, 0.5) is 0 Å². The van der Waals surface area contributed by atoms with Crippen LogP contribution >= 0.6 is 0 Å². The van der Waals surface area contributed by atoms with E-state index in [0.717, 1.165) is 22.8 Å². The molecule has 0 radical (unpaired) electrons. The Morgan fingerprint density at radius 2 is 1.42 bits per heavy atom. The standard InChI is InChI=1S/C12H16N4O2.Li/c1-7-5-9(3)15(13-7)11(12(17)18)16-10(4)6-8(2)14-16;/h5-6,11H,1-4H3,(H,17,18);/q;+1/p-1. The molecule has 0 atom stereocenters. The molecule has 7 heteroatoms. The largest absolute Gasteiger partial charge is 1.00 e. The molecule has 2 heterocycles. The van der Waals surface area contributed by atoms with E-state index < -0.39 is 12.1 Å². The molecule has 2 aromatic rings. The van der Waals surface area contributed by atoms with Gasteiger partial charge in [0, 0.05) is 11.4 Å². The van der Waals surface area contributed by atoms with Crippen LogP contribution in [0.15, 0.2) is 12.1 Å². The number of carboxylic acid groups (broad SMARTS) is 1. The van der Waals surface area contributed by atoms with E-state index in [1.165, 1.54) is 9.36 Å². The summed E-state index contributed by atoms with van der Waals surface area (Å²) in [5.41, 5.74) is 3.05. The molecule has 2 aromatic heterocycles. The second-order valence-electron chi connectivity index (χ2n) is 4.44. The number of hydrogen-bond donors (Lipinski definition) is 0. The Hall–Kier alpha value is -1.51. The number of carbonyl (C=O) groups is 1. The third kappa shape index (κ3) is 2.91. The van der Waals surface area contributed by atoms with Crippen molar-refractivity contribution < 1.29 is 28.8 Å². The second-order valence-corrected chi connectivity index (χ2v) is 4.44. The topological polar surface area (TPSA) is 75.8 Å². The van der Waals surface area contributed by atoms with Gasteiger partial charge in [-0.15, -0.1) is 0 Å². The van der Waals surface area contributed by atoms with Gasteiger partial charge in [0.15, 0.2) is 6.17 Å². The first kappa shape index (κ1) is 15.5. The predicted molar refractivity (Wildman–Crippen MR) is 62.8 cm³/mol. The van der Waals surface area contributed by atoms with Gasteiger partial charge in [-0.1, -0.05) is 0 Å². The minimum Gasteiger partial charge on any atom is -0.546 e. The van der Waals surface area contributed by atoms with Crippen LogP contribution in [0.3, 0.4) is 0 Å². The third-order valence-electron chi connectivity index (χ3n) is 2.76. The number of carbonyl (C=O) groups excluding carboxylic acids is 1. The van der Waals surface area contributed by atoms with Gasteiger partial charge in [-0.05, 0) is 39.8 Å². The van der Waals surface area contributed by atoms with Crippen LogP contribution in [-0.4, -0.2) is 25.5 Å². The molecule has 0 bridgehead atoms. The molecule has 2 rings (SSSR count). The van der Waals surface area contributed by atoms with Crippen molar-refractivity contribution in [2.75, 3.05) is 0 Å². The molecular formula is C12H15LiN4O2. The Labute approximate surface area is 123 Å². The molecule has 0 saturated heterocycles. The number of aryl methyl sites for hydroxylation is 4. The maximum absolute atomic E-state index is 11.4. The van der Waals surface area contributed by atoms with Gasteiger partial charge in [-0.2, -0.15) is 10.2 Å². The van der Waals surface area contributed by atoms with Gasteiger partial charge in [0.05, 0.1) is 17.4 Å². The number of aliphatic carboxylic acids is 1. The molecule has 0 unspecified atom stereocenters. The zero-order valence-electron chi connectivity index (χ0n) is 11.8. The van der Waals surface area contributed by atoms with Crippen molar-refractivity contribution in [3.8, 4) is 0 Å². The Morgan fingerprint density at radius 3 is 1.63 bits per heavy atom. The molecule has 0 aromatic carbocycles. The number of nitrogens with zero attached hydrogens (tertiary/aromatic N) is 4. The van der Waals surface area contributed by atoms with Crippen molar-refractivity contribution in [3.63, 3.8) is 0 Å². The van der Waals surface area contributed by atoms with Gasteiger partial charge in [0.25, 0.3) is 0 Å². The Balaban J connectivity index is 0.00000180. The van der Waals surface area contributed by atoms with Gasteiger partial charge in [-0.3, -0.25) is 0 Å². The Bertz CT molecular complexity index is 557. The van der Waals surface area contributed by atoms with Gasteiger partial charge in [0.2, 0.25) is 0 Å². The summed E-state index contributed by atoms with van der Waals surface area (Å²) in [4.78, 5) is 11.4. The third-order valence-corrected chi connectivity index (χ3v) is 2.76. The minimum absolute atomic E-state index is 0. The van der Waals surface area contributed by atoms with Gasteiger partial charge >= 0.3 is 18.9 Å². The van der Waals surface area contributed by atoms with Gasteiger partial charge < -0.3 is 9.90 Å². The van der Waals surface area contributed by atoms with Crippen LogP contribution in [0.25, 0.3) is 0 Å². The van der Waals surface area contributed by atoms with Gasteiger partial charge in [0.1, 0.15) is 0 Å². The summed E-state index contributed by atoms with van der Waals surface area (Å²) in [5, 5.41) is 19.8. The fourth-order valence-electron chi connectivity index (χ4n) is 2.09. The molecule has 19 heavy (non-hydrogen) atoms. The average Bonchev–Trinajstić information content (AvgIpc) is 2.71. The smallest absolute Gasteiger partial charge is 0.546 e. The zero-order valence-corrected chi connectivity index (χ0v) is 11.8. The molecule has 0 amide bonds. The normalized spacial score (nSPS) is 10.6. The second kappa shape index (κ2) is 5.64. The molecule has 0 aliphatic carbocycles. The molecular weight excluding hydrogens is 239 g/mol. The summed E-state index contributed by atoms with van der Waals surface area (Å²) < 4.78 is 2.84. The molecule has 0 fully saturated rings. The van der Waals surface area contributed by atoms with Crippen molar-refractivity contribution in [3.05, 3.63) is 34.9 Å². The van der Waals surface area contributed by atoms with Crippen LogP contribution in [0.5, 0.6) is 0 Å². The first-order chi connectivity index (χ1) is 8.40. The van der Waals surface area contributed by atoms with Crippen molar-refractivity contribution in [1.29, 1.82) is 0 Å². The van der Waals surface area contributed by atoms with E-state index in [1.807, 2.05) is 39.8 Å². The Morgan fingerprint density at radius 1 is 1.05 bits per heavy atom. The van der Waals surface area contributed by atoms with E-state index >= 15 is 0 Å². The fraction of sp³-hybridized carbons (Fsp3) is 0.417. The van der Waals surface area contributed by atoms with Crippen molar-refractivity contribution in [2.24, 2.45) is 0 Å². The maximum Gasteiger partial charge on any atom is 1.00 e. The summed E-state index contributed by atoms with van der Waals surface area (Å²) >= 11 is 0. The molecule has 0 aliphatic heterocycles. The van der Waals surface area contributed by atoms with E-state index in [-0.39, 0.29) is 18.9 Å². The number of aromatic nitrogens is 4. The first-order valence-corrected chi connectivity index (χ1v) is 5.66. The minimum atomic E-state index is -1.23. The molecule has 96 valence electrons. The van der Waals surface area contributed by atoms with Crippen molar-refractivity contribution in [2.45, 2.75) is 33.9 Å². The SMILES string of the molecule is Cc1cc(C)n(C(C(=O)[O-])n2nc(C)cc2C)n1.[Li+]. The van der Waals surface area contributed by atoms with Crippen LogP contribution in [0.1, 0.15) is 28.9 Å². The molecule has 6 nitrogen and oxygen atoms in total. The fourth-order valence-corrected chi connectivity index (χ4v) is 2.09. The monoisotopic (exact) mass is 254 g/mol. The summed E-state index contributed by atoms with van der Waals surface area (Å²) in [6.07, 6.45) is -1.05. The number of hydrogen-bond acceptors (Lipinski definition) is 4. The average molecular weight is 254 g/mol. The van der Waals surface area contributed by atoms with Crippen LogP contribution < -0.4 is 24.0 Å². The van der Waals surface area contributed by atoms with E-state index in [4.69, 9.17) is 0 Å². The van der Waals surface area contributed by atoms with E-state index in [0.29, 0.717) is 0 Å². The van der Waals surface area contributed by atoms with Crippen LogP contribution in [0.2, 0.25) is 0 Å². The maximum atomic E-state index is 11.4. The quantitative estimate of drug-likeness (QED) is 0.551. The summed E-state index contributed by atoms with van der Waals surface area (Å²) in [7, 11) is 0. The van der Waals surface area contributed by atoms with E-state index in [9.17, 15) is 9.90 Å². The van der Waals surface area contributed by atoms with Crippen LogP contribution in [-0.2, 0) is 4.79 Å². The summed E-state index contributed by atoms with van der Waals surface area (Å²) in [6.45, 7) is 7.25. The van der Waals surface area contributed by atoms with Crippen molar-refractivity contribution >= 4 is 5.97 Å². The molecule has 0 spiro atoms. The Kier molecular flexibility index (Phi) is 4.61. The van der Waals surface area contributed by atoms with E-state index in [1.54, 1.807) is 0 Å². The summed E-state index contributed by atoms with van der Waals surface area (Å²) in [6, 6.07) is 3.64. The zero-order chi connectivity index (χ0) is 13.4. The molecule has 0 N–H and O–H groups in total. The predicted octanol–water partition coefficient (Wildman–Crippen LogP) is -2.89. The van der Waals surface area contributed by atoms with Crippen LogP contribution in [0, 0.1) is 27.7 Å².